The highest BCUT2D eigenvalue weighted by atomic mass is 16.5. The second-order valence-electron chi connectivity index (χ2n) is 2.27. The van der Waals surface area contributed by atoms with Crippen molar-refractivity contribution in [2.45, 2.75) is 12.2 Å². The molecule has 0 bridgehead atoms. The zero-order valence-electron chi connectivity index (χ0n) is 5.89. The third-order valence-corrected chi connectivity index (χ3v) is 1.44. The molecular weight excluding hydrogens is 167 g/mol. The molecule has 0 aromatic carbocycles. The molecule has 0 aliphatic carbocycles. The lowest BCUT2D eigenvalue weighted by atomic mass is 9.98. The van der Waals surface area contributed by atoms with Crippen molar-refractivity contribution >= 4 is 17.5 Å². The molecule has 0 unspecified atom stereocenters. The van der Waals surface area contributed by atoms with Gasteiger partial charge in [0.05, 0.1) is 6.61 Å². The molecule has 1 saturated heterocycles. The van der Waals surface area contributed by atoms with Crippen molar-refractivity contribution in [2.75, 3.05) is 6.61 Å². The number of aliphatic hydroxyl groups is 2. The number of hydrogen-bond donors (Lipinski definition) is 2. The van der Waals surface area contributed by atoms with Gasteiger partial charge in [-0.1, -0.05) is 0 Å². The van der Waals surface area contributed by atoms with E-state index in [4.69, 9.17) is 10.2 Å². The maximum atomic E-state index is 10.7. The third-order valence-electron chi connectivity index (χ3n) is 1.44. The van der Waals surface area contributed by atoms with Gasteiger partial charge in [-0.25, -0.2) is 4.79 Å². The summed E-state index contributed by atoms with van der Waals surface area (Å²) in [5.41, 5.74) is 0. The molecule has 2 atom stereocenters. The smallest absolute Gasteiger partial charge is 0.383 e. The highest BCUT2D eigenvalue weighted by Gasteiger charge is 2.45. The van der Waals surface area contributed by atoms with Crippen LogP contribution in [0, 0.1) is 0 Å². The molecule has 1 rings (SSSR count). The second kappa shape index (κ2) is 3.00. The summed E-state index contributed by atoms with van der Waals surface area (Å²) in [4.78, 5) is 31.7. The lowest BCUT2D eigenvalue weighted by Crippen LogP contribution is -2.35. The average Bonchev–Trinajstić information content (AvgIpc) is 2.32. The highest BCUT2D eigenvalue weighted by Crippen LogP contribution is 2.10. The Kier molecular flexibility index (Phi) is 2.20. The third kappa shape index (κ3) is 1.21. The van der Waals surface area contributed by atoms with Crippen LogP contribution in [0.1, 0.15) is 0 Å². The zero-order chi connectivity index (χ0) is 9.30. The standard InChI is InChI=1S/C6H6O6/c7-1-2(8)5-3(9)4(10)6(11)12-5/h2,5,7-8H,1H2/t2-,5+/m0/s1/i6-1. The monoisotopic (exact) mass is 173 g/mol. The molecule has 0 aromatic heterocycles. The van der Waals surface area contributed by atoms with E-state index in [2.05, 4.69) is 4.74 Å². The van der Waals surface area contributed by atoms with E-state index in [1.165, 1.54) is 0 Å². The fourth-order valence-electron chi connectivity index (χ4n) is 0.801. The van der Waals surface area contributed by atoms with Crippen LogP contribution >= 0.6 is 0 Å². The minimum Gasteiger partial charge on any atom is -0.445 e. The number of rotatable bonds is 2. The van der Waals surface area contributed by atoms with Gasteiger partial charge >= 0.3 is 11.8 Å². The van der Waals surface area contributed by atoms with E-state index >= 15 is 0 Å². The number of ketones is 2. The first kappa shape index (κ1) is 8.82. The van der Waals surface area contributed by atoms with E-state index < -0.39 is 36.4 Å². The van der Waals surface area contributed by atoms with E-state index in [1.807, 2.05) is 0 Å². The molecule has 2 N–H and O–H groups in total. The number of aliphatic hydroxyl groups excluding tert-OH is 2. The van der Waals surface area contributed by atoms with Crippen molar-refractivity contribution in [1.82, 2.24) is 0 Å². The Bertz CT molecular complexity index is 244. The summed E-state index contributed by atoms with van der Waals surface area (Å²) < 4.78 is 4.19. The van der Waals surface area contributed by atoms with E-state index in [9.17, 15) is 14.4 Å². The van der Waals surface area contributed by atoms with Crippen LogP contribution in [0.25, 0.3) is 0 Å². The Hall–Kier alpha value is -1.27. The first-order valence-corrected chi connectivity index (χ1v) is 3.16. The van der Waals surface area contributed by atoms with Gasteiger partial charge in [-0.15, -0.1) is 0 Å². The summed E-state index contributed by atoms with van der Waals surface area (Å²) >= 11 is 0. The molecule has 0 radical (unpaired) electrons. The zero-order valence-corrected chi connectivity index (χ0v) is 5.89. The second-order valence-corrected chi connectivity index (χ2v) is 2.27. The largest absolute Gasteiger partial charge is 0.445 e. The van der Waals surface area contributed by atoms with Crippen molar-refractivity contribution in [3.63, 3.8) is 0 Å². The first-order valence-electron chi connectivity index (χ1n) is 3.16. The Morgan fingerprint density at radius 3 is 2.33 bits per heavy atom. The normalized spacial score (nSPS) is 25.8. The Balaban J connectivity index is 2.78. The lowest BCUT2D eigenvalue weighted by Gasteiger charge is -2.10. The van der Waals surface area contributed by atoms with Crippen LogP contribution in [0.4, 0.5) is 0 Å². The molecule has 12 heavy (non-hydrogen) atoms. The Morgan fingerprint density at radius 1 is 1.42 bits per heavy atom. The number of esters is 1. The Labute approximate surface area is 66.7 Å². The molecule has 1 aliphatic heterocycles. The topological polar surface area (TPSA) is 101 Å². The fourth-order valence-corrected chi connectivity index (χ4v) is 0.801. The molecule has 6 nitrogen and oxygen atoms in total. The van der Waals surface area contributed by atoms with Crippen LogP contribution in [0.5, 0.6) is 0 Å². The summed E-state index contributed by atoms with van der Waals surface area (Å²) in [6.45, 7) is -0.739. The predicted molar refractivity (Wildman–Crippen MR) is 33.0 cm³/mol. The number of cyclic esters (lactones) is 1. The van der Waals surface area contributed by atoms with Crippen molar-refractivity contribution < 1.29 is 29.3 Å². The van der Waals surface area contributed by atoms with Crippen molar-refractivity contribution in [3.8, 4) is 0 Å². The summed E-state index contributed by atoms with van der Waals surface area (Å²) in [7, 11) is 0. The van der Waals surface area contributed by atoms with Crippen LogP contribution in [0.15, 0.2) is 0 Å². The summed E-state index contributed by atoms with van der Waals surface area (Å²) in [5, 5.41) is 17.2. The molecule has 0 saturated carbocycles. The van der Waals surface area contributed by atoms with Gasteiger partial charge in [-0.3, -0.25) is 9.59 Å². The SMILES string of the molecule is O=C1C(=O)[11C](=O)O[C@@H]1[C@@H](O)CO. The highest BCUT2D eigenvalue weighted by molar-refractivity contribution is 6.65. The van der Waals surface area contributed by atoms with Gasteiger partial charge in [0.1, 0.15) is 6.10 Å². The van der Waals surface area contributed by atoms with Gasteiger partial charge in [-0.05, 0) is 0 Å². The quantitative estimate of drug-likeness (QED) is 0.351. The molecule has 1 heterocycles. The van der Waals surface area contributed by atoms with Crippen LogP contribution in [-0.4, -0.2) is 46.6 Å². The number of carbonyl (C=O) groups is 3. The first-order chi connectivity index (χ1) is 5.57. The number of carbonyl (C=O) groups excluding carboxylic acids is 3. The van der Waals surface area contributed by atoms with Crippen molar-refractivity contribution in [3.05, 3.63) is 0 Å². The summed E-state index contributed by atoms with van der Waals surface area (Å²) in [5.74, 6) is -3.67. The van der Waals surface area contributed by atoms with Crippen LogP contribution in [-0.2, 0) is 19.1 Å². The number of hydrogen-bond acceptors (Lipinski definition) is 6. The van der Waals surface area contributed by atoms with Gasteiger partial charge in [0.15, 0.2) is 6.10 Å². The fraction of sp³-hybridized carbons (Fsp3) is 0.500. The molecule has 0 spiro atoms. The van der Waals surface area contributed by atoms with Gasteiger partial charge < -0.3 is 14.9 Å². The van der Waals surface area contributed by atoms with Crippen LogP contribution in [0.3, 0.4) is 0 Å². The molecule has 66 valence electrons. The molecule has 0 aromatic rings. The van der Waals surface area contributed by atoms with Gasteiger partial charge in [-0.2, -0.15) is 0 Å². The maximum absolute atomic E-state index is 10.7. The predicted octanol–water partition coefficient (Wildman–Crippen LogP) is -2.60. The molecule has 6 heteroatoms. The van der Waals surface area contributed by atoms with Crippen LogP contribution in [0.2, 0.25) is 0 Å². The minimum absolute atomic E-state index is 0.739. The summed E-state index contributed by atoms with van der Waals surface area (Å²) in [6.07, 6.45) is -3.05. The van der Waals surface area contributed by atoms with E-state index in [1.54, 1.807) is 0 Å². The van der Waals surface area contributed by atoms with E-state index in [0.717, 1.165) is 0 Å². The average molecular weight is 173 g/mol. The van der Waals surface area contributed by atoms with E-state index in [0.29, 0.717) is 0 Å². The Morgan fingerprint density at radius 2 is 2.00 bits per heavy atom. The maximum Gasteiger partial charge on any atom is 0.383 e. The number of ether oxygens (including phenoxy) is 1. The number of Topliss-reactive ketones (excluding diaryl/α,β-unsaturated/α-hetero) is 2. The minimum atomic E-state index is -1.53. The molecule has 1 fully saturated rings. The van der Waals surface area contributed by atoms with Crippen LogP contribution < -0.4 is 0 Å². The van der Waals surface area contributed by atoms with Gasteiger partial charge in [0.2, 0.25) is 0 Å². The van der Waals surface area contributed by atoms with Gasteiger partial charge in [0, 0.05) is 0 Å². The van der Waals surface area contributed by atoms with Gasteiger partial charge in [0.25, 0.3) is 5.78 Å². The lowest BCUT2D eigenvalue weighted by molar-refractivity contribution is -0.152. The molecule has 0 amide bonds. The van der Waals surface area contributed by atoms with Crippen molar-refractivity contribution in [2.24, 2.45) is 0 Å². The molecule has 1 aliphatic rings. The van der Waals surface area contributed by atoms with Crippen molar-refractivity contribution in [1.29, 1.82) is 0 Å². The van der Waals surface area contributed by atoms with E-state index in [-0.39, 0.29) is 0 Å². The summed E-state index contributed by atoms with van der Waals surface area (Å²) in [6, 6.07) is 0. The molecular formula is C6H6O6.